The SMILES string of the molecule is CCC(C)CN(C)C(=O)c1ccc(OCc2ccccc2)c(OC)c1. The second-order valence-corrected chi connectivity index (χ2v) is 6.34. The van der Waals surface area contributed by atoms with Gasteiger partial charge in [0.2, 0.25) is 0 Å². The number of ether oxygens (including phenoxy) is 2. The maximum atomic E-state index is 12.6. The van der Waals surface area contributed by atoms with Crippen molar-refractivity contribution in [1.29, 1.82) is 0 Å². The lowest BCUT2D eigenvalue weighted by Gasteiger charge is -2.21. The van der Waals surface area contributed by atoms with E-state index in [2.05, 4.69) is 13.8 Å². The molecule has 0 heterocycles. The van der Waals surface area contributed by atoms with Crippen LogP contribution in [0, 0.1) is 5.92 Å². The summed E-state index contributed by atoms with van der Waals surface area (Å²) >= 11 is 0. The molecule has 0 aromatic heterocycles. The number of benzene rings is 2. The van der Waals surface area contributed by atoms with E-state index in [9.17, 15) is 4.79 Å². The highest BCUT2D eigenvalue weighted by molar-refractivity contribution is 5.94. The van der Waals surface area contributed by atoms with Gasteiger partial charge in [0.1, 0.15) is 6.61 Å². The predicted molar refractivity (Wildman–Crippen MR) is 100 cm³/mol. The molecule has 1 atom stereocenters. The summed E-state index contributed by atoms with van der Waals surface area (Å²) in [5.74, 6) is 1.67. The Hall–Kier alpha value is -2.49. The topological polar surface area (TPSA) is 38.8 Å². The van der Waals surface area contributed by atoms with Crippen LogP contribution in [0.4, 0.5) is 0 Å². The first-order chi connectivity index (χ1) is 12.0. The third kappa shape index (κ3) is 5.24. The van der Waals surface area contributed by atoms with Gasteiger partial charge in [-0.2, -0.15) is 0 Å². The average molecular weight is 341 g/mol. The molecule has 1 amide bonds. The van der Waals surface area contributed by atoms with Gasteiger partial charge in [0.05, 0.1) is 7.11 Å². The molecule has 2 rings (SSSR count). The van der Waals surface area contributed by atoms with Crippen molar-refractivity contribution in [2.75, 3.05) is 20.7 Å². The van der Waals surface area contributed by atoms with E-state index < -0.39 is 0 Å². The molecular formula is C21H27NO3. The third-order valence-electron chi connectivity index (χ3n) is 4.28. The molecule has 0 aliphatic carbocycles. The van der Waals surface area contributed by atoms with Gasteiger partial charge < -0.3 is 14.4 Å². The quantitative estimate of drug-likeness (QED) is 0.715. The van der Waals surface area contributed by atoms with Crippen molar-refractivity contribution in [2.45, 2.75) is 26.9 Å². The zero-order chi connectivity index (χ0) is 18.2. The first-order valence-corrected chi connectivity index (χ1v) is 8.65. The van der Waals surface area contributed by atoms with E-state index in [1.807, 2.05) is 37.4 Å². The van der Waals surface area contributed by atoms with Crippen molar-refractivity contribution in [3.63, 3.8) is 0 Å². The van der Waals surface area contributed by atoms with Crippen molar-refractivity contribution >= 4 is 5.91 Å². The maximum absolute atomic E-state index is 12.6. The summed E-state index contributed by atoms with van der Waals surface area (Å²) in [6.07, 6.45) is 1.05. The number of hydrogen-bond acceptors (Lipinski definition) is 3. The lowest BCUT2D eigenvalue weighted by atomic mass is 10.1. The second kappa shape index (κ2) is 9.11. The summed E-state index contributed by atoms with van der Waals surface area (Å²) in [4.78, 5) is 14.3. The highest BCUT2D eigenvalue weighted by Gasteiger charge is 2.16. The zero-order valence-electron chi connectivity index (χ0n) is 15.5. The molecule has 1 unspecified atom stereocenters. The molecule has 0 spiro atoms. The van der Waals surface area contributed by atoms with Crippen LogP contribution < -0.4 is 9.47 Å². The standard InChI is InChI=1S/C21H27NO3/c1-5-16(2)14-22(3)21(23)18-11-12-19(20(13-18)24-4)25-15-17-9-7-6-8-10-17/h6-13,16H,5,14-15H2,1-4H3. The summed E-state index contributed by atoms with van der Waals surface area (Å²) < 4.78 is 11.3. The molecule has 0 fully saturated rings. The minimum Gasteiger partial charge on any atom is -0.493 e. The van der Waals surface area contributed by atoms with Crippen LogP contribution in [0.15, 0.2) is 48.5 Å². The van der Waals surface area contributed by atoms with Gasteiger partial charge in [-0.3, -0.25) is 4.79 Å². The number of nitrogens with zero attached hydrogens (tertiary/aromatic N) is 1. The van der Waals surface area contributed by atoms with Crippen LogP contribution in [0.3, 0.4) is 0 Å². The van der Waals surface area contributed by atoms with E-state index in [0.29, 0.717) is 29.6 Å². The third-order valence-corrected chi connectivity index (χ3v) is 4.28. The van der Waals surface area contributed by atoms with E-state index in [0.717, 1.165) is 18.5 Å². The highest BCUT2D eigenvalue weighted by Crippen LogP contribution is 2.29. The van der Waals surface area contributed by atoms with Gasteiger partial charge >= 0.3 is 0 Å². The Labute approximate surface area is 150 Å². The minimum atomic E-state index is -0.00629. The van der Waals surface area contributed by atoms with Gasteiger partial charge in [-0.25, -0.2) is 0 Å². The fraction of sp³-hybridized carbons (Fsp3) is 0.381. The van der Waals surface area contributed by atoms with E-state index in [-0.39, 0.29) is 5.91 Å². The Morgan fingerprint density at radius 2 is 1.84 bits per heavy atom. The van der Waals surface area contributed by atoms with Crippen molar-refractivity contribution in [1.82, 2.24) is 4.90 Å². The molecule has 134 valence electrons. The normalized spacial score (nSPS) is 11.7. The Bertz CT molecular complexity index is 685. The van der Waals surface area contributed by atoms with E-state index in [4.69, 9.17) is 9.47 Å². The van der Waals surface area contributed by atoms with E-state index in [1.54, 1.807) is 30.2 Å². The van der Waals surface area contributed by atoms with Crippen LogP contribution in [0.2, 0.25) is 0 Å². The van der Waals surface area contributed by atoms with E-state index in [1.165, 1.54) is 0 Å². The largest absolute Gasteiger partial charge is 0.493 e. The molecule has 0 radical (unpaired) electrons. The lowest BCUT2D eigenvalue weighted by molar-refractivity contribution is 0.0774. The fourth-order valence-electron chi connectivity index (χ4n) is 2.56. The summed E-state index contributed by atoms with van der Waals surface area (Å²) in [6.45, 7) is 5.47. The number of carbonyl (C=O) groups excluding carboxylic acids is 1. The molecule has 0 bridgehead atoms. The van der Waals surface area contributed by atoms with Crippen LogP contribution in [-0.2, 0) is 6.61 Å². The van der Waals surface area contributed by atoms with Gasteiger partial charge in [0.25, 0.3) is 5.91 Å². The molecule has 25 heavy (non-hydrogen) atoms. The van der Waals surface area contributed by atoms with E-state index >= 15 is 0 Å². The molecule has 2 aromatic rings. The number of rotatable bonds is 8. The first-order valence-electron chi connectivity index (χ1n) is 8.65. The zero-order valence-corrected chi connectivity index (χ0v) is 15.5. The number of methoxy groups -OCH3 is 1. The minimum absolute atomic E-state index is 0.00629. The van der Waals surface area contributed by atoms with Gasteiger partial charge in [0, 0.05) is 19.2 Å². The fourth-order valence-corrected chi connectivity index (χ4v) is 2.56. The van der Waals surface area contributed by atoms with Crippen LogP contribution in [-0.4, -0.2) is 31.5 Å². The lowest BCUT2D eigenvalue weighted by Crippen LogP contribution is -2.30. The maximum Gasteiger partial charge on any atom is 0.253 e. The predicted octanol–water partition coefficient (Wildman–Crippen LogP) is 4.39. The van der Waals surface area contributed by atoms with Gasteiger partial charge in [-0.05, 0) is 29.7 Å². The summed E-state index contributed by atoms with van der Waals surface area (Å²) in [5, 5.41) is 0. The molecule has 0 aliphatic heterocycles. The molecule has 4 heteroatoms. The highest BCUT2D eigenvalue weighted by atomic mass is 16.5. The molecular weight excluding hydrogens is 314 g/mol. The summed E-state index contributed by atoms with van der Waals surface area (Å²) in [5.41, 5.74) is 1.69. The summed E-state index contributed by atoms with van der Waals surface area (Å²) in [6, 6.07) is 15.3. The Kier molecular flexibility index (Phi) is 6.87. The molecule has 0 N–H and O–H groups in total. The summed E-state index contributed by atoms with van der Waals surface area (Å²) in [7, 11) is 3.42. The van der Waals surface area contributed by atoms with Crippen LogP contribution in [0.5, 0.6) is 11.5 Å². The van der Waals surface area contributed by atoms with Gasteiger partial charge in [-0.15, -0.1) is 0 Å². The molecule has 4 nitrogen and oxygen atoms in total. The first kappa shape index (κ1) is 18.8. The van der Waals surface area contributed by atoms with Gasteiger partial charge in [-0.1, -0.05) is 50.6 Å². The van der Waals surface area contributed by atoms with Crippen molar-refractivity contribution in [3.05, 3.63) is 59.7 Å². The second-order valence-electron chi connectivity index (χ2n) is 6.34. The van der Waals surface area contributed by atoms with Crippen LogP contribution in [0.25, 0.3) is 0 Å². The Morgan fingerprint density at radius 1 is 1.12 bits per heavy atom. The van der Waals surface area contributed by atoms with Crippen LogP contribution in [0.1, 0.15) is 36.2 Å². The monoisotopic (exact) mass is 341 g/mol. The Balaban J connectivity index is 2.08. The van der Waals surface area contributed by atoms with Crippen molar-refractivity contribution in [2.24, 2.45) is 5.92 Å². The molecule has 2 aromatic carbocycles. The molecule has 0 saturated carbocycles. The average Bonchev–Trinajstić information content (AvgIpc) is 2.66. The smallest absolute Gasteiger partial charge is 0.253 e. The van der Waals surface area contributed by atoms with Crippen LogP contribution >= 0.6 is 0 Å². The molecule has 0 saturated heterocycles. The van der Waals surface area contributed by atoms with Gasteiger partial charge in [0.15, 0.2) is 11.5 Å². The Morgan fingerprint density at radius 3 is 2.48 bits per heavy atom. The molecule has 0 aliphatic rings. The van der Waals surface area contributed by atoms with Crippen molar-refractivity contribution in [3.8, 4) is 11.5 Å². The number of amides is 1. The van der Waals surface area contributed by atoms with Crippen molar-refractivity contribution < 1.29 is 14.3 Å². The number of carbonyl (C=O) groups is 1. The number of hydrogen-bond donors (Lipinski definition) is 0.